The van der Waals surface area contributed by atoms with E-state index in [0.717, 1.165) is 16.8 Å². The van der Waals surface area contributed by atoms with Gasteiger partial charge in [0.15, 0.2) is 5.54 Å². The number of likely N-dealkylation sites (N-methyl/N-ethyl adjacent to an activating group) is 2. The number of thiocarbonyl (C=S) groups is 1. The highest BCUT2D eigenvalue weighted by molar-refractivity contribution is 8.25. The number of anilines is 1. The van der Waals surface area contributed by atoms with Gasteiger partial charge in [-0.05, 0) is 55.1 Å². The number of likely N-dealkylation sites (tertiary alicyclic amines) is 1. The van der Waals surface area contributed by atoms with Crippen LogP contribution in [0.3, 0.4) is 0 Å². The molecule has 0 saturated carbocycles. The van der Waals surface area contributed by atoms with Crippen LogP contribution in [0, 0.1) is 0 Å². The van der Waals surface area contributed by atoms with Crippen molar-refractivity contribution in [2.75, 3.05) is 25.5 Å². The zero-order chi connectivity index (χ0) is 24.5. The second-order valence-corrected chi connectivity index (χ2v) is 11.3. The van der Waals surface area contributed by atoms with Crippen LogP contribution in [0.5, 0.6) is 0 Å². The van der Waals surface area contributed by atoms with E-state index in [4.69, 9.17) is 28.2 Å². The smallest absolute Gasteiger partial charge is 0.254 e. The van der Waals surface area contributed by atoms with Crippen LogP contribution in [0.25, 0.3) is 0 Å². The number of carbonyl (C=O) groups is 2. The lowest BCUT2D eigenvalue weighted by Crippen LogP contribution is -2.62. The Morgan fingerprint density at radius 2 is 1.94 bits per heavy atom. The maximum absolute atomic E-state index is 14.6. The maximum atomic E-state index is 14.6. The summed E-state index contributed by atoms with van der Waals surface area (Å²) >= 11 is 13.6. The number of nitrogens with zero attached hydrogens (tertiary/aromatic N) is 4. The first-order valence-electron chi connectivity index (χ1n) is 11.1. The normalized spacial score (nSPS) is 28.2. The zero-order valence-electron chi connectivity index (χ0n) is 19.0. The summed E-state index contributed by atoms with van der Waals surface area (Å²) in [5.41, 5.74) is 1.10. The molecule has 7 nitrogen and oxygen atoms in total. The minimum absolute atomic E-state index is 0.169. The molecule has 10 heteroatoms. The van der Waals surface area contributed by atoms with Gasteiger partial charge < -0.3 is 9.32 Å². The van der Waals surface area contributed by atoms with Gasteiger partial charge in [0.1, 0.15) is 14.8 Å². The van der Waals surface area contributed by atoms with Crippen LogP contribution in [0.4, 0.5) is 5.69 Å². The second kappa shape index (κ2) is 7.89. The largest absolute Gasteiger partial charge is 0.467 e. The van der Waals surface area contributed by atoms with E-state index >= 15 is 0 Å². The number of aromatic nitrogens is 1. The van der Waals surface area contributed by atoms with Crippen molar-refractivity contribution in [2.24, 2.45) is 0 Å². The highest BCUT2D eigenvalue weighted by Gasteiger charge is 2.78. The first-order chi connectivity index (χ1) is 16.8. The van der Waals surface area contributed by atoms with E-state index in [2.05, 4.69) is 4.98 Å². The first-order valence-corrected chi connectivity index (χ1v) is 12.7. The Labute approximate surface area is 217 Å². The average Bonchev–Trinajstić information content (AvgIpc) is 3.57. The predicted molar refractivity (Wildman–Crippen MR) is 138 cm³/mol. The lowest BCUT2D eigenvalue weighted by Gasteiger charge is -2.42. The summed E-state index contributed by atoms with van der Waals surface area (Å²) in [4.78, 5) is 38.3. The minimum Gasteiger partial charge on any atom is -0.467 e. The highest BCUT2D eigenvalue weighted by Crippen LogP contribution is 2.66. The summed E-state index contributed by atoms with van der Waals surface area (Å²) in [5, 5.41) is 0.507. The molecule has 2 saturated heterocycles. The number of benzene rings is 1. The van der Waals surface area contributed by atoms with Crippen LogP contribution in [0.15, 0.2) is 65.5 Å². The van der Waals surface area contributed by atoms with E-state index < -0.39 is 10.3 Å². The molecule has 2 spiro atoms. The molecule has 6 rings (SSSR count). The Balaban J connectivity index is 1.62. The van der Waals surface area contributed by atoms with Crippen molar-refractivity contribution in [3.05, 3.63) is 83.0 Å². The molecule has 0 N–H and O–H groups in total. The van der Waals surface area contributed by atoms with Gasteiger partial charge in [-0.25, -0.2) is 0 Å². The van der Waals surface area contributed by atoms with E-state index in [-0.39, 0.29) is 24.3 Å². The molecule has 0 unspecified atom stereocenters. The molecular weight excluding hydrogens is 504 g/mol. The van der Waals surface area contributed by atoms with Crippen molar-refractivity contribution in [3.8, 4) is 0 Å². The third kappa shape index (κ3) is 2.83. The Kier molecular flexibility index (Phi) is 5.12. The molecule has 1 aromatic carbocycles. The average molecular weight is 525 g/mol. The Morgan fingerprint density at radius 3 is 2.66 bits per heavy atom. The topological polar surface area (TPSA) is 69.9 Å². The third-order valence-electron chi connectivity index (χ3n) is 7.42. The molecule has 178 valence electrons. The van der Waals surface area contributed by atoms with Crippen LogP contribution in [0.2, 0.25) is 5.02 Å². The Bertz CT molecular complexity index is 1370. The van der Waals surface area contributed by atoms with Gasteiger partial charge in [-0.15, -0.1) is 0 Å². The summed E-state index contributed by atoms with van der Waals surface area (Å²) in [6, 6.07) is 12.8. The monoisotopic (exact) mass is 524 g/mol. The minimum atomic E-state index is -1.29. The molecule has 3 aliphatic rings. The maximum Gasteiger partial charge on any atom is 0.254 e. The number of hydrogen-bond donors (Lipinski definition) is 0. The highest BCUT2D eigenvalue weighted by atomic mass is 35.5. The molecule has 2 aromatic heterocycles. The van der Waals surface area contributed by atoms with Crippen molar-refractivity contribution in [1.82, 2.24) is 14.8 Å². The number of furan rings is 1. The zero-order valence-corrected chi connectivity index (χ0v) is 21.4. The van der Waals surface area contributed by atoms with Gasteiger partial charge in [0.05, 0.1) is 12.8 Å². The fraction of sp³-hybridized carbons (Fsp3) is 0.280. The molecule has 0 radical (unpaired) electrons. The molecular formula is C25H21ClN4O3S2. The van der Waals surface area contributed by atoms with Gasteiger partial charge in [-0.2, -0.15) is 0 Å². The van der Waals surface area contributed by atoms with Gasteiger partial charge in [0.2, 0.25) is 5.91 Å². The summed E-state index contributed by atoms with van der Waals surface area (Å²) in [7, 11) is 3.64. The number of pyridine rings is 1. The predicted octanol–water partition coefficient (Wildman–Crippen LogP) is 4.03. The summed E-state index contributed by atoms with van der Waals surface area (Å²) < 4.78 is 4.71. The van der Waals surface area contributed by atoms with Crippen LogP contribution in [0.1, 0.15) is 22.8 Å². The van der Waals surface area contributed by atoms with Crippen LogP contribution < -0.4 is 4.90 Å². The fourth-order valence-electron chi connectivity index (χ4n) is 5.96. The van der Waals surface area contributed by atoms with Crippen molar-refractivity contribution in [2.45, 2.75) is 22.7 Å². The van der Waals surface area contributed by atoms with Gasteiger partial charge >= 0.3 is 0 Å². The van der Waals surface area contributed by atoms with E-state index in [1.807, 2.05) is 42.3 Å². The second-order valence-electron chi connectivity index (χ2n) is 9.02. The van der Waals surface area contributed by atoms with Gasteiger partial charge in [-0.1, -0.05) is 35.6 Å². The number of thioether (sulfide) groups is 1. The standard InChI is InChI=1S/C25H21ClN4O3S2/c1-28-14-19(15-7-9-27-10-8-15)25(22(32)30(23(34)35-25)13-17-4-3-11-33-17)24(28)18-12-16(26)5-6-20(18)29(2)21(24)31/h3-12,19H,13-14H2,1-2H3/t19-,24+,25-/m1/s1. The SMILES string of the molecule is CN1C(=O)[C@]2(c3cc(Cl)ccc31)N(C)C[C@H](c1ccncc1)[C@]21SC(=S)N(Cc2ccco2)C1=O. The van der Waals surface area contributed by atoms with Crippen LogP contribution in [-0.2, 0) is 21.7 Å². The quantitative estimate of drug-likeness (QED) is 0.479. The van der Waals surface area contributed by atoms with Crippen molar-refractivity contribution < 1.29 is 14.0 Å². The number of carbonyl (C=O) groups excluding carboxylic acids is 2. The fourth-order valence-corrected chi connectivity index (χ4v) is 8.26. The van der Waals surface area contributed by atoms with E-state index in [0.29, 0.717) is 21.6 Å². The number of amides is 2. The Hall–Kier alpha value is -2.72. The molecule has 2 fully saturated rings. The van der Waals surface area contributed by atoms with Gasteiger partial charge in [0.25, 0.3) is 5.91 Å². The van der Waals surface area contributed by atoms with Crippen molar-refractivity contribution >= 4 is 57.4 Å². The number of rotatable bonds is 3. The first kappa shape index (κ1) is 22.7. The molecule has 3 atom stereocenters. The molecule has 3 aromatic rings. The van der Waals surface area contributed by atoms with E-state index in [9.17, 15) is 9.59 Å². The number of hydrogen-bond acceptors (Lipinski definition) is 7. The van der Waals surface area contributed by atoms with E-state index in [1.54, 1.807) is 47.6 Å². The third-order valence-corrected chi connectivity index (χ3v) is 9.59. The summed E-state index contributed by atoms with van der Waals surface area (Å²) in [5.74, 6) is -0.0747. The summed E-state index contributed by atoms with van der Waals surface area (Å²) in [6.07, 6.45) is 5.00. The van der Waals surface area contributed by atoms with Gasteiger partial charge in [-0.3, -0.25) is 24.4 Å². The Morgan fingerprint density at radius 1 is 1.17 bits per heavy atom. The number of fused-ring (bicyclic) bond motifs is 3. The lowest BCUT2D eigenvalue weighted by molar-refractivity contribution is -0.139. The number of halogens is 1. The van der Waals surface area contributed by atoms with Crippen molar-refractivity contribution in [1.29, 1.82) is 0 Å². The van der Waals surface area contributed by atoms with E-state index in [1.165, 1.54) is 11.8 Å². The van der Waals surface area contributed by atoms with Crippen LogP contribution >= 0.6 is 35.6 Å². The molecule has 3 aliphatic heterocycles. The molecule has 35 heavy (non-hydrogen) atoms. The molecule has 0 aliphatic carbocycles. The van der Waals surface area contributed by atoms with Gasteiger partial charge in [0, 0.05) is 48.2 Å². The van der Waals surface area contributed by atoms with Crippen LogP contribution in [-0.4, -0.2) is 56.3 Å². The molecule has 0 bridgehead atoms. The van der Waals surface area contributed by atoms with Crippen molar-refractivity contribution in [3.63, 3.8) is 0 Å². The lowest BCUT2D eigenvalue weighted by atomic mass is 9.72. The molecule has 5 heterocycles. The summed E-state index contributed by atoms with van der Waals surface area (Å²) in [6.45, 7) is 0.681. The molecule has 2 amide bonds.